The summed E-state index contributed by atoms with van der Waals surface area (Å²) in [7, 11) is 0. The molecule has 0 bridgehead atoms. The number of nitrogens with one attached hydrogen (secondary N) is 1. The molecule has 1 fully saturated rings. The number of nitrogens with zero attached hydrogens (tertiary/aromatic N) is 1. The molecule has 2 aromatic rings. The number of hydrogen-bond acceptors (Lipinski definition) is 2. The number of hydrogen-bond donors (Lipinski definition) is 1. The highest BCUT2D eigenvalue weighted by Gasteiger charge is 2.36. The molecule has 4 nitrogen and oxygen atoms in total. The molecule has 3 rings (SSSR count). The van der Waals surface area contributed by atoms with Crippen molar-refractivity contribution in [1.82, 2.24) is 5.32 Å². The van der Waals surface area contributed by atoms with Crippen LogP contribution in [0.5, 0.6) is 0 Å². The molecule has 25 heavy (non-hydrogen) atoms. The van der Waals surface area contributed by atoms with Gasteiger partial charge in [-0.15, -0.1) is 0 Å². The summed E-state index contributed by atoms with van der Waals surface area (Å²) in [6.45, 7) is 2.28. The fourth-order valence-electron chi connectivity index (χ4n) is 2.95. The largest absolute Gasteiger partial charge is 0.349 e. The third-order valence-corrected chi connectivity index (χ3v) is 5.22. The smallest absolute Gasteiger partial charge is 0.227 e. The highest BCUT2D eigenvalue weighted by molar-refractivity contribution is 9.10. The Morgan fingerprint density at radius 2 is 1.92 bits per heavy atom. The lowest BCUT2D eigenvalue weighted by atomic mass is 10.1. The van der Waals surface area contributed by atoms with E-state index in [2.05, 4.69) is 21.2 Å². The standard InChI is InChI=1S/C19H18BrClN2O2/c1-12(13-6-8-15(20)9-7-13)22-19(25)14-10-18(24)23(11-14)17-5-3-2-4-16(17)21/h2-9,12,14H,10-11H2,1H3,(H,22,25). The zero-order chi connectivity index (χ0) is 18.0. The molecule has 1 heterocycles. The number of rotatable bonds is 4. The van der Waals surface area contributed by atoms with Crippen molar-refractivity contribution in [2.24, 2.45) is 5.92 Å². The van der Waals surface area contributed by atoms with Crippen molar-refractivity contribution < 1.29 is 9.59 Å². The van der Waals surface area contributed by atoms with Crippen LogP contribution in [0.15, 0.2) is 53.0 Å². The molecule has 2 amide bonds. The van der Waals surface area contributed by atoms with Crippen molar-refractivity contribution in [3.63, 3.8) is 0 Å². The summed E-state index contributed by atoms with van der Waals surface area (Å²) >= 11 is 9.58. The Balaban J connectivity index is 1.66. The second kappa shape index (κ2) is 7.58. The van der Waals surface area contributed by atoms with E-state index in [0.29, 0.717) is 17.3 Å². The molecule has 1 N–H and O–H groups in total. The van der Waals surface area contributed by atoms with Gasteiger partial charge in [0.05, 0.1) is 22.7 Å². The van der Waals surface area contributed by atoms with Gasteiger partial charge in [-0.25, -0.2) is 0 Å². The van der Waals surface area contributed by atoms with Crippen molar-refractivity contribution in [2.45, 2.75) is 19.4 Å². The summed E-state index contributed by atoms with van der Waals surface area (Å²) in [5.74, 6) is -0.565. The van der Waals surface area contributed by atoms with Crippen molar-refractivity contribution in [3.8, 4) is 0 Å². The van der Waals surface area contributed by atoms with Crippen molar-refractivity contribution in [1.29, 1.82) is 0 Å². The van der Waals surface area contributed by atoms with Crippen LogP contribution in [0.3, 0.4) is 0 Å². The maximum Gasteiger partial charge on any atom is 0.227 e. The van der Waals surface area contributed by atoms with Crippen LogP contribution in [0.4, 0.5) is 5.69 Å². The molecule has 2 unspecified atom stereocenters. The van der Waals surface area contributed by atoms with Gasteiger partial charge in [-0.2, -0.15) is 0 Å². The van der Waals surface area contributed by atoms with E-state index < -0.39 is 0 Å². The number of carbonyl (C=O) groups is 2. The van der Waals surface area contributed by atoms with Gasteiger partial charge in [-0.1, -0.05) is 51.8 Å². The molecule has 0 aromatic heterocycles. The fraction of sp³-hybridized carbons (Fsp3) is 0.263. The molecular weight excluding hydrogens is 404 g/mol. The van der Waals surface area contributed by atoms with Crippen LogP contribution in [-0.4, -0.2) is 18.4 Å². The predicted molar refractivity (Wildman–Crippen MR) is 103 cm³/mol. The molecule has 1 aliphatic heterocycles. The van der Waals surface area contributed by atoms with E-state index in [1.807, 2.05) is 43.3 Å². The normalized spacial score (nSPS) is 18.3. The van der Waals surface area contributed by atoms with Crippen molar-refractivity contribution in [2.75, 3.05) is 11.4 Å². The van der Waals surface area contributed by atoms with Gasteiger partial charge in [0.25, 0.3) is 0 Å². The summed E-state index contributed by atoms with van der Waals surface area (Å²) in [6, 6.07) is 14.9. The summed E-state index contributed by atoms with van der Waals surface area (Å²) in [6.07, 6.45) is 0.199. The minimum Gasteiger partial charge on any atom is -0.349 e. The van der Waals surface area contributed by atoms with Crippen molar-refractivity contribution >= 4 is 45.0 Å². The van der Waals surface area contributed by atoms with E-state index in [1.54, 1.807) is 17.0 Å². The van der Waals surface area contributed by atoms with E-state index in [9.17, 15) is 9.59 Å². The van der Waals surface area contributed by atoms with Gasteiger partial charge in [-0.3, -0.25) is 9.59 Å². The number of para-hydroxylation sites is 1. The Hall–Kier alpha value is -1.85. The topological polar surface area (TPSA) is 49.4 Å². The summed E-state index contributed by atoms with van der Waals surface area (Å²) in [4.78, 5) is 26.5. The SMILES string of the molecule is CC(NC(=O)C1CC(=O)N(c2ccccc2Cl)C1)c1ccc(Br)cc1. The second-order valence-electron chi connectivity index (χ2n) is 6.14. The molecule has 0 radical (unpaired) electrons. The summed E-state index contributed by atoms with van der Waals surface area (Å²) < 4.78 is 0.992. The maximum atomic E-state index is 12.6. The van der Waals surface area contributed by atoms with Gasteiger partial charge in [0.2, 0.25) is 11.8 Å². The van der Waals surface area contributed by atoms with Gasteiger partial charge in [0.1, 0.15) is 0 Å². The highest BCUT2D eigenvalue weighted by Crippen LogP contribution is 2.31. The third-order valence-electron chi connectivity index (χ3n) is 4.37. The first-order valence-electron chi connectivity index (χ1n) is 8.06. The lowest BCUT2D eigenvalue weighted by Gasteiger charge is -2.19. The molecule has 0 saturated carbocycles. The molecule has 1 aliphatic rings. The Morgan fingerprint density at radius 1 is 1.24 bits per heavy atom. The molecule has 2 atom stereocenters. The fourth-order valence-corrected chi connectivity index (χ4v) is 3.45. The van der Waals surface area contributed by atoms with Gasteiger partial charge in [0, 0.05) is 17.4 Å². The minimum atomic E-state index is -0.373. The van der Waals surface area contributed by atoms with Crippen LogP contribution in [0, 0.1) is 5.92 Å². The highest BCUT2D eigenvalue weighted by atomic mass is 79.9. The van der Waals surface area contributed by atoms with E-state index in [4.69, 9.17) is 11.6 Å². The first kappa shape index (κ1) is 18.0. The number of halogens is 2. The number of amides is 2. The molecule has 2 aromatic carbocycles. The van der Waals surface area contributed by atoms with Crippen LogP contribution in [0.25, 0.3) is 0 Å². The van der Waals surface area contributed by atoms with Crippen LogP contribution >= 0.6 is 27.5 Å². The first-order chi connectivity index (χ1) is 12.0. The molecular formula is C19H18BrClN2O2. The molecule has 0 spiro atoms. The number of benzene rings is 2. The molecule has 6 heteroatoms. The first-order valence-corrected chi connectivity index (χ1v) is 9.23. The van der Waals surface area contributed by atoms with E-state index in [1.165, 1.54) is 0 Å². The van der Waals surface area contributed by atoms with Crippen LogP contribution in [0.2, 0.25) is 5.02 Å². The van der Waals surface area contributed by atoms with Gasteiger partial charge >= 0.3 is 0 Å². The monoisotopic (exact) mass is 420 g/mol. The number of anilines is 1. The molecule has 130 valence electrons. The van der Waals surface area contributed by atoms with Crippen molar-refractivity contribution in [3.05, 3.63) is 63.6 Å². The van der Waals surface area contributed by atoms with Gasteiger partial charge < -0.3 is 10.2 Å². The van der Waals surface area contributed by atoms with Crippen LogP contribution in [-0.2, 0) is 9.59 Å². The molecule has 1 saturated heterocycles. The summed E-state index contributed by atoms with van der Waals surface area (Å²) in [5, 5.41) is 3.51. The number of carbonyl (C=O) groups excluding carboxylic acids is 2. The Morgan fingerprint density at radius 3 is 2.60 bits per heavy atom. The Bertz CT molecular complexity index is 794. The van der Waals surface area contributed by atoms with E-state index in [0.717, 1.165) is 10.0 Å². The minimum absolute atomic E-state index is 0.0791. The molecule has 0 aliphatic carbocycles. The Kier molecular flexibility index (Phi) is 5.45. The lowest BCUT2D eigenvalue weighted by molar-refractivity contribution is -0.126. The predicted octanol–water partition coefficient (Wildman–Crippen LogP) is 4.33. The average Bonchev–Trinajstić information content (AvgIpc) is 2.97. The summed E-state index contributed by atoms with van der Waals surface area (Å²) in [5.41, 5.74) is 1.68. The zero-order valence-corrected chi connectivity index (χ0v) is 16.0. The van der Waals surface area contributed by atoms with E-state index >= 15 is 0 Å². The zero-order valence-electron chi connectivity index (χ0n) is 13.7. The van der Waals surface area contributed by atoms with Crippen LogP contribution < -0.4 is 10.2 Å². The maximum absolute atomic E-state index is 12.6. The lowest BCUT2D eigenvalue weighted by Crippen LogP contribution is -2.34. The van der Waals surface area contributed by atoms with E-state index in [-0.39, 0.29) is 30.2 Å². The quantitative estimate of drug-likeness (QED) is 0.798. The second-order valence-corrected chi connectivity index (χ2v) is 7.46. The third kappa shape index (κ3) is 4.05. The van der Waals surface area contributed by atoms with Crippen LogP contribution in [0.1, 0.15) is 24.9 Å². The van der Waals surface area contributed by atoms with Gasteiger partial charge in [0.15, 0.2) is 0 Å². The Labute approximate surface area is 160 Å². The average molecular weight is 422 g/mol. The van der Waals surface area contributed by atoms with Gasteiger partial charge in [-0.05, 0) is 36.8 Å².